The first-order valence-corrected chi connectivity index (χ1v) is 8.60. The molecule has 0 aliphatic carbocycles. The van der Waals surface area contributed by atoms with Gasteiger partial charge >= 0.3 is 0 Å². The van der Waals surface area contributed by atoms with Crippen LogP contribution in [0.15, 0.2) is 42.6 Å². The minimum absolute atomic E-state index is 0.106. The number of halogens is 1. The van der Waals surface area contributed by atoms with Crippen molar-refractivity contribution in [2.45, 2.75) is 0 Å². The van der Waals surface area contributed by atoms with E-state index in [1.54, 1.807) is 12.3 Å². The monoisotopic (exact) mass is 378 g/mol. The summed E-state index contributed by atoms with van der Waals surface area (Å²) in [7, 11) is 0. The van der Waals surface area contributed by atoms with Gasteiger partial charge in [0.05, 0.1) is 5.52 Å². The highest BCUT2D eigenvalue weighted by atomic mass is 19.1. The van der Waals surface area contributed by atoms with Gasteiger partial charge in [-0.05, 0) is 35.9 Å². The molecule has 0 saturated carbocycles. The van der Waals surface area contributed by atoms with Gasteiger partial charge in [-0.3, -0.25) is 5.10 Å². The Morgan fingerprint density at radius 2 is 1.89 bits per heavy atom. The van der Waals surface area contributed by atoms with Crippen molar-refractivity contribution in [1.82, 2.24) is 20.2 Å². The zero-order chi connectivity index (χ0) is 19.1. The number of ether oxygens (including phenoxy) is 2. The van der Waals surface area contributed by atoms with E-state index >= 15 is 0 Å². The van der Waals surface area contributed by atoms with Crippen LogP contribution >= 0.6 is 0 Å². The van der Waals surface area contributed by atoms with Crippen molar-refractivity contribution in [3.05, 3.63) is 48.4 Å². The standard InChI is InChI=1S/C19H15FN6O2/c20-11-2-3-14-12(8-11)18(26-25-14)23-17-13(9-22-19(21)24-17)10-1-4-15-16(7-10)28-6-5-27-15/h1-4,7-9H,5-6H2,(H4,21,22,23,24,25,26). The summed E-state index contributed by atoms with van der Waals surface area (Å²) in [6, 6.07) is 9.97. The highest BCUT2D eigenvalue weighted by Crippen LogP contribution is 2.37. The molecule has 140 valence electrons. The summed E-state index contributed by atoms with van der Waals surface area (Å²) in [4.78, 5) is 8.40. The number of H-pyrrole nitrogens is 1. The van der Waals surface area contributed by atoms with Gasteiger partial charge in [-0.1, -0.05) is 6.07 Å². The van der Waals surface area contributed by atoms with Crippen molar-refractivity contribution in [2.24, 2.45) is 0 Å². The Morgan fingerprint density at radius 3 is 2.79 bits per heavy atom. The lowest BCUT2D eigenvalue weighted by Crippen LogP contribution is -2.15. The number of nitrogens with one attached hydrogen (secondary N) is 2. The normalized spacial score (nSPS) is 12.9. The molecule has 0 fully saturated rings. The molecule has 2 aromatic carbocycles. The van der Waals surface area contributed by atoms with Gasteiger partial charge < -0.3 is 20.5 Å². The molecule has 0 unspecified atom stereocenters. The fourth-order valence-electron chi connectivity index (χ4n) is 3.11. The second-order valence-corrected chi connectivity index (χ2v) is 6.24. The molecule has 4 aromatic rings. The number of rotatable bonds is 3. The number of nitrogens with zero attached hydrogens (tertiary/aromatic N) is 3. The molecule has 9 heteroatoms. The molecule has 28 heavy (non-hydrogen) atoms. The zero-order valence-corrected chi connectivity index (χ0v) is 14.6. The molecule has 0 saturated heterocycles. The van der Waals surface area contributed by atoms with Crippen LogP contribution < -0.4 is 20.5 Å². The van der Waals surface area contributed by atoms with E-state index < -0.39 is 0 Å². The van der Waals surface area contributed by atoms with Crippen molar-refractivity contribution in [2.75, 3.05) is 24.3 Å². The summed E-state index contributed by atoms with van der Waals surface area (Å²) in [5.41, 5.74) is 8.00. The minimum atomic E-state index is -0.355. The molecule has 0 radical (unpaired) electrons. The maximum absolute atomic E-state index is 13.7. The maximum Gasteiger partial charge on any atom is 0.221 e. The molecule has 1 aliphatic heterocycles. The van der Waals surface area contributed by atoms with Crippen molar-refractivity contribution in [3.8, 4) is 22.6 Å². The van der Waals surface area contributed by atoms with E-state index in [2.05, 4.69) is 25.5 Å². The van der Waals surface area contributed by atoms with Crippen molar-refractivity contribution < 1.29 is 13.9 Å². The van der Waals surface area contributed by atoms with Crippen LogP contribution in [-0.2, 0) is 0 Å². The largest absolute Gasteiger partial charge is 0.486 e. The van der Waals surface area contributed by atoms with Crippen molar-refractivity contribution >= 4 is 28.5 Å². The van der Waals surface area contributed by atoms with E-state index in [0.717, 1.165) is 5.56 Å². The van der Waals surface area contributed by atoms with Crippen LogP contribution in [0.3, 0.4) is 0 Å². The molecule has 2 aromatic heterocycles. The van der Waals surface area contributed by atoms with Gasteiger partial charge in [0.2, 0.25) is 5.95 Å². The molecular weight excluding hydrogens is 363 g/mol. The second kappa shape index (κ2) is 6.38. The Morgan fingerprint density at radius 1 is 1.04 bits per heavy atom. The molecule has 0 spiro atoms. The van der Waals surface area contributed by atoms with Gasteiger partial charge in [0.25, 0.3) is 0 Å². The fraction of sp³-hybridized carbons (Fsp3) is 0.105. The molecule has 0 bridgehead atoms. The SMILES string of the molecule is Nc1ncc(-c2ccc3c(c2)OCCO3)c(Nc2n[nH]c3ccc(F)cc23)n1. The number of benzene rings is 2. The Balaban J connectivity index is 1.58. The lowest BCUT2D eigenvalue weighted by Gasteiger charge is -2.19. The lowest BCUT2D eigenvalue weighted by molar-refractivity contribution is 0.171. The van der Waals surface area contributed by atoms with Crippen molar-refractivity contribution in [3.63, 3.8) is 0 Å². The zero-order valence-electron chi connectivity index (χ0n) is 14.6. The first-order valence-electron chi connectivity index (χ1n) is 8.60. The van der Waals surface area contributed by atoms with E-state index in [0.29, 0.717) is 52.8 Å². The predicted molar refractivity (Wildman–Crippen MR) is 102 cm³/mol. The summed E-state index contributed by atoms with van der Waals surface area (Å²) in [5.74, 6) is 1.97. The molecule has 4 N–H and O–H groups in total. The molecule has 0 atom stereocenters. The number of fused-ring (bicyclic) bond motifs is 2. The third-order valence-electron chi connectivity index (χ3n) is 4.42. The van der Waals surface area contributed by atoms with Gasteiger partial charge in [-0.2, -0.15) is 10.1 Å². The fourth-order valence-corrected chi connectivity index (χ4v) is 3.11. The molecule has 3 heterocycles. The van der Waals surface area contributed by atoms with Crippen LogP contribution in [0.4, 0.5) is 22.0 Å². The number of nitrogen functional groups attached to an aromatic ring is 1. The third-order valence-corrected chi connectivity index (χ3v) is 4.42. The van der Waals surface area contributed by atoms with Gasteiger partial charge in [0.1, 0.15) is 24.8 Å². The molecule has 1 aliphatic rings. The van der Waals surface area contributed by atoms with Gasteiger partial charge in [-0.25, -0.2) is 9.37 Å². The number of hydrogen-bond acceptors (Lipinski definition) is 7. The predicted octanol–water partition coefficient (Wildman–Crippen LogP) is 3.26. The van der Waals surface area contributed by atoms with E-state index in [1.165, 1.54) is 12.1 Å². The summed E-state index contributed by atoms with van der Waals surface area (Å²) in [6.07, 6.45) is 1.62. The summed E-state index contributed by atoms with van der Waals surface area (Å²) in [6.45, 7) is 1.01. The Bertz CT molecular complexity index is 1190. The number of hydrogen-bond donors (Lipinski definition) is 3. The number of anilines is 3. The number of aromatic nitrogens is 4. The third kappa shape index (κ3) is 2.82. The van der Waals surface area contributed by atoms with Crippen LogP contribution in [0.2, 0.25) is 0 Å². The maximum atomic E-state index is 13.7. The molecule has 5 rings (SSSR count). The van der Waals surface area contributed by atoms with E-state index in [-0.39, 0.29) is 11.8 Å². The Kier molecular flexibility index (Phi) is 3.71. The first-order chi connectivity index (χ1) is 13.7. The number of nitrogens with two attached hydrogens (primary N) is 1. The summed E-state index contributed by atoms with van der Waals surface area (Å²) in [5, 5.41) is 10.8. The topological polar surface area (TPSA) is 111 Å². The molecule has 0 amide bonds. The summed E-state index contributed by atoms with van der Waals surface area (Å²) >= 11 is 0. The molecular formula is C19H15FN6O2. The van der Waals surface area contributed by atoms with Crippen LogP contribution in [0.5, 0.6) is 11.5 Å². The smallest absolute Gasteiger partial charge is 0.221 e. The summed E-state index contributed by atoms with van der Waals surface area (Å²) < 4.78 is 24.9. The average Bonchev–Trinajstić information content (AvgIpc) is 3.10. The van der Waals surface area contributed by atoms with E-state index in [1.807, 2.05) is 18.2 Å². The van der Waals surface area contributed by atoms with Crippen molar-refractivity contribution in [1.29, 1.82) is 0 Å². The van der Waals surface area contributed by atoms with Gasteiger partial charge in [-0.15, -0.1) is 0 Å². The quantitative estimate of drug-likeness (QED) is 0.502. The Hall–Kier alpha value is -3.88. The van der Waals surface area contributed by atoms with Crippen LogP contribution in [0.25, 0.3) is 22.0 Å². The highest BCUT2D eigenvalue weighted by Gasteiger charge is 2.17. The van der Waals surface area contributed by atoms with Crippen LogP contribution in [-0.4, -0.2) is 33.4 Å². The average molecular weight is 378 g/mol. The Labute approximate surface area is 158 Å². The lowest BCUT2D eigenvalue weighted by atomic mass is 10.1. The van der Waals surface area contributed by atoms with E-state index in [9.17, 15) is 4.39 Å². The minimum Gasteiger partial charge on any atom is -0.486 e. The van der Waals surface area contributed by atoms with E-state index in [4.69, 9.17) is 15.2 Å². The first kappa shape index (κ1) is 16.3. The van der Waals surface area contributed by atoms with Gasteiger partial charge in [0.15, 0.2) is 17.3 Å². The number of aromatic amines is 1. The van der Waals surface area contributed by atoms with Crippen LogP contribution in [0.1, 0.15) is 0 Å². The molecule has 8 nitrogen and oxygen atoms in total. The van der Waals surface area contributed by atoms with Gasteiger partial charge in [0, 0.05) is 17.1 Å². The van der Waals surface area contributed by atoms with Crippen LogP contribution in [0, 0.1) is 5.82 Å². The second-order valence-electron chi connectivity index (χ2n) is 6.24. The highest BCUT2D eigenvalue weighted by molar-refractivity contribution is 5.92.